The third-order valence-corrected chi connectivity index (χ3v) is 1.66. The zero-order valence-corrected chi connectivity index (χ0v) is 5.87. The molecule has 2 rings (SSSR count). The predicted molar refractivity (Wildman–Crippen MR) is 43.2 cm³/mol. The van der Waals surface area contributed by atoms with Crippen molar-refractivity contribution in [1.29, 1.82) is 0 Å². The van der Waals surface area contributed by atoms with Crippen LogP contribution in [0.5, 0.6) is 0 Å². The van der Waals surface area contributed by atoms with Gasteiger partial charge in [-0.1, -0.05) is 24.2 Å². The summed E-state index contributed by atoms with van der Waals surface area (Å²) in [5.74, 6) is 0.0347. The van der Waals surface area contributed by atoms with Gasteiger partial charge in [-0.25, -0.2) is 0 Å². The van der Waals surface area contributed by atoms with Gasteiger partial charge in [-0.3, -0.25) is 9.79 Å². The molecular formula is C9H7NO. The molecular weight excluding hydrogens is 138 g/mol. The molecule has 0 amide bonds. The van der Waals surface area contributed by atoms with E-state index >= 15 is 0 Å². The quantitative estimate of drug-likeness (QED) is 0.542. The predicted octanol–water partition coefficient (Wildman–Crippen LogP) is 1.30. The first-order valence-corrected chi connectivity index (χ1v) is 3.41. The fourth-order valence-electron chi connectivity index (χ4n) is 1.12. The molecule has 1 aromatic rings. The van der Waals surface area contributed by atoms with Crippen molar-refractivity contribution in [2.24, 2.45) is 4.99 Å². The van der Waals surface area contributed by atoms with Gasteiger partial charge in [0.25, 0.3) is 0 Å². The van der Waals surface area contributed by atoms with Gasteiger partial charge in [0.2, 0.25) is 0 Å². The van der Waals surface area contributed by atoms with Crippen LogP contribution < -0.4 is 0 Å². The Hall–Kier alpha value is -1.44. The van der Waals surface area contributed by atoms with Crippen LogP contribution in [-0.2, 0) is 0 Å². The lowest BCUT2D eigenvalue weighted by Crippen LogP contribution is -2.11. The Morgan fingerprint density at radius 2 is 2.45 bits per heavy atom. The fraction of sp³-hybridized carbons (Fsp3) is 0.111. The van der Waals surface area contributed by atoms with Crippen LogP contribution in [0.1, 0.15) is 17.3 Å². The lowest BCUT2D eigenvalue weighted by molar-refractivity contribution is 0.100. The highest BCUT2D eigenvalue weighted by Gasteiger charge is 2.11. The molecule has 0 radical (unpaired) electrons. The summed E-state index contributed by atoms with van der Waals surface area (Å²) in [6.45, 7) is 0.240. The highest BCUT2D eigenvalue weighted by Crippen LogP contribution is 2.10. The third kappa shape index (κ3) is 0.963. The number of hydrogen-bond donors (Lipinski definition) is 0. The number of ketones is 1. The normalized spacial score (nSPS) is 16.0. The summed E-state index contributed by atoms with van der Waals surface area (Å²) in [7, 11) is 0. The molecule has 54 valence electrons. The number of fused-ring (bicyclic) bond motifs is 1. The molecule has 11 heavy (non-hydrogen) atoms. The summed E-state index contributed by atoms with van der Waals surface area (Å²) in [6.07, 6.45) is 1.65. The maximum Gasteiger partial charge on any atom is 0.184 e. The van der Waals surface area contributed by atoms with Gasteiger partial charge in [0.15, 0.2) is 5.78 Å². The Morgan fingerprint density at radius 3 is 3.36 bits per heavy atom. The van der Waals surface area contributed by atoms with E-state index in [1.807, 2.05) is 0 Å². The van der Waals surface area contributed by atoms with Crippen molar-refractivity contribution >= 4 is 12.0 Å². The molecule has 0 aromatic heterocycles. The first-order chi connectivity index (χ1) is 5.77. The van der Waals surface area contributed by atoms with Gasteiger partial charge in [0.05, 0.1) is 1.37 Å². The van der Waals surface area contributed by atoms with Crippen LogP contribution in [-0.4, -0.2) is 18.5 Å². The van der Waals surface area contributed by atoms with Crippen molar-refractivity contribution in [3.63, 3.8) is 0 Å². The molecule has 1 aromatic carbocycles. The molecule has 0 N–H and O–H groups in total. The first kappa shape index (κ1) is 5.24. The lowest BCUT2D eigenvalue weighted by atomic mass is 10.0. The van der Waals surface area contributed by atoms with Gasteiger partial charge in [0.1, 0.15) is 6.54 Å². The van der Waals surface area contributed by atoms with Crippen LogP contribution in [0.25, 0.3) is 0 Å². The van der Waals surface area contributed by atoms with Gasteiger partial charge >= 0.3 is 0 Å². The van der Waals surface area contributed by atoms with Gasteiger partial charge < -0.3 is 0 Å². The zero-order chi connectivity index (χ0) is 8.55. The maximum atomic E-state index is 11.2. The molecule has 0 saturated heterocycles. The van der Waals surface area contributed by atoms with Crippen LogP contribution in [0.3, 0.4) is 0 Å². The summed E-state index contributed by atoms with van der Waals surface area (Å²) in [4.78, 5) is 15.1. The number of rotatable bonds is 0. The summed E-state index contributed by atoms with van der Waals surface area (Å²) < 4.78 is 7.33. The van der Waals surface area contributed by atoms with Crippen LogP contribution in [0, 0.1) is 0 Å². The summed E-state index contributed by atoms with van der Waals surface area (Å²) in [6, 6.07) is 5.37. The fourth-order valence-corrected chi connectivity index (χ4v) is 1.12. The molecule has 1 aliphatic heterocycles. The average Bonchev–Trinajstić information content (AvgIpc) is 2.04. The molecule has 0 spiro atoms. The smallest absolute Gasteiger partial charge is 0.184 e. The van der Waals surface area contributed by atoms with Crippen molar-refractivity contribution in [1.82, 2.24) is 0 Å². The largest absolute Gasteiger partial charge is 0.292 e. The minimum Gasteiger partial charge on any atom is -0.292 e. The van der Waals surface area contributed by atoms with Crippen molar-refractivity contribution in [3.8, 4) is 0 Å². The van der Waals surface area contributed by atoms with E-state index in [0.717, 1.165) is 5.56 Å². The Kier molecular flexibility index (Phi) is 1.10. The van der Waals surface area contributed by atoms with Crippen LogP contribution >= 0.6 is 0 Å². The van der Waals surface area contributed by atoms with Crippen molar-refractivity contribution in [2.75, 3.05) is 6.54 Å². The van der Waals surface area contributed by atoms with E-state index in [1.165, 1.54) is 0 Å². The summed E-state index contributed by atoms with van der Waals surface area (Å²) >= 11 is 0. The topological polar surface area (TPSA) is 29.4 Å². The lowest BCUT2D eigenvalue weighted by Gasteiger charge is -2.06. The van der Waals surface area contributed by atoms with E-state index in [9.17, 15) is 4.79 Å². The van der Waals surface area contributed by atoms with Crippen molar-refractivity contribution < 1.29 is 6.17 Å². The maximum absolute atomic E-state index is 11.2. The minimum absolute atomic E-state index is 0.0347. The summed E-state index contributed by atoms with van der Waals surface area (Å²) in [5.41, 5.74) is 1.44. The molecule has 1 aliphatic rings. The standard InChI is InChI=1S/C9H7NO/c11-9-6-10-5-7-3-1-2-4-8(7)9/h1-5H,6H2/i1D. The monoisotopic (exact) mass is 146 g/mol. The number of hydrogen-bond acceptors (Lipinski definition) is 2. The molecule has 0 saturated carbocycles. The molecule has 0 unspecified atom stereocenters. The second-order valence-corrected chi connectivity index (χ2v) is 2.41. The number of carbonyl (C=O) groups excluding carboxylic acids is 1. The molecule has 2 nitrogen and oxygen atoms in total. The van der Waals surface area contributed by atoms with E-state index < -0.39 is 0 Å². The Morgan fingerprint density at radius 1 is 1.55 bits per heavy atom. The highest BCUT2D eigenvalue weighted by molar-refractivity contribution is 6.07. The zero-order valence-electron chi connectivity index (χ0n) is 6.87. The van der Waals surface area contributed by atoms with E-state index in [1.54, 1.807) is 24.4 Å². The van der Waals surface area contributed by atoms with Gasteiger partial charge in [0, 0.05) is 17.3 Å². The number of Topliss-reactive ketones (excluding diaryl/α,β-unsaturated/α-hetero) is 1. The van der Waals surface area contributed by atoms with E-state index in [4.69, 9.17) is 1.37 Å². The molecule has 0 atom stereocenters. The number of carbonyl (C=O) groups is 1. The number of nitrogens with zero attached hydrogens (tertiary/aromatic N) is 1. The Bertz CT molecular complexity index is 371. The SMILES string of the molecule is [2H]c1ccc2c(c1)C=NCC2=O. The molecule has 0 bridgehead atoms. The third-order valence-electron chi connectivity index (χ3n) is 1.66. The second-order valence-electron chi connectivity index (χ2n) is 2.41. The Balaban J connectivity index is 2.62. The summed E-state index contributed by atoms with van der Waals surface area (Å²) in [5, 5.41) is 0. The average molecular weight is 146 g/mol. The first-order valence-electron chi connectivity index (χ1n) is 3.91. The molecule has 2 heteroatoms. The van der Waals surface area contributed by atoms with Crippen LogP contribution in [0.4, 0.5) is 0 Å². The molecule has 0 fully saturated rings. The Labute approximate surface area is 66.0 Å². The van der Waals surface area contributed by atoms with Crippen LogP contribution in [0.15, 0.2) is 29.2 Å². The second kappa shape index (κ2) is 2.31. The van der Waals surface area contributed by atoms with Gasteiger partial charge in [-0.2, -0.15) is 0 Å². The molecule has 0 aliphatic carbocycles. The van der Waals surface area contributed by atoms with Crippen molar-refractivity contribution in [2.45, 2.75) is 0 Å². The van der Waals surface area contributed by atoms with E-state index in [2.05, 4.69) is 4.99 Å². The minimum atomic E-state index is 0.0347. The van der Waals surface area contributed by atoms with Crippen molar-refractivity contribution in [3.05, 3.63) is 35.4 Å². The van der Waals surface area contributed by atoms with E-state index in [0.29, 0.717) is 11.6 Å². The highest BCUT2D eigenvalue weighted by atomic mass is 16.1. The van der Waals surface area contributed by atoms with Crippen LogP contribution in [0.2, 0.25) is 0 Å². The van der Waals surface area contributed by atoms with Gasteiger partial charge in [-0.05, 0) is 0 Å². The number of aliphatic imine (C=N–C) groups is 1. The molecule has 1 heterocycles. The van der Waals surface area contributed by atoms with E-state index in [-0.39, 0.29) is 12.3 Å². The van der Waals surface area contributed by atoms with Gasteiger partial charge in [-0.15, -0.1) is 0 Å². The number of benzene rings is 1.